The van der Waals surface area contributed by atoms with Crippen LogP contribution in [0.15, 0.2) is 29.4 Å². The Kier molecular flexibility index (Phi) is 5.04. The van der Waals surface area contributed by atoms with Crippen LogP contribution in [0.25, 0.3) is 0 Å². The van der Waals surface area contributed by atoms with Gasteiger partial charge in [-0.3, -0.25) is 4.79 Å². The van der Waals surface area contributed by atoms with Crippen molar-refractivity contribution < 1.29 is 23.8 Å². The summed E-state index contributed by atoms with van der Waals surface area (Å²) in [6.45, 7) is 1.15. The molecule has 0 aliphatic carbocycles. The molecular weight excluding hydrogens is 310 g/mol. The predicted octanol–water partition coefficient (Wildman–Crippen LogP) is 2.55. The maximum atomic E-state index is 12.3. The Hall–Kier alpha value is -2.08. The van der Waals surface area contributed by atoms with E-state index in [1.165, 1.54) is 7.11 Å². The van der Waals surface area contributed by atoms with Crippen molar-refractivity contribution in [1.29, 1.82) is 0 Å². The van der Waals surface area contributed by atoms with Gasteiger partial charge in [0.05, 0.1) is 25.3 Å². The lowest BCUT2D eigenvalue weighted by Gasteiger charge is -2.35. The van der Waals surface area contributed by atoms with E-state index < -0.39 is 5.41 Å². The average Bonchev–Trinajstić information content (AvgIpc) is 3.10. The Balaban J connectivity index is 1.66. The van der Waals surface area contributed by atoms with Crippen molar-refractivity contribution in [3.63, 3.8) is 0 Å². The summed E-state index contributed by atoms with van der Waals surface area (Å²) < 4.78 is 15.6. The summed E-state index contributed by atoms with van der Waals surface area (Å²) in [5.74, 6) is 0.633. The van der Waals surface area contributed by atoms with Crippen LogP contribution in [0.2, 0.25) is 0 Å². The highest BCUT2D eigenvalue weighted by Crippen LogP contribution is 2.39. The van der Waals surface area contributed by atoms with Crippen LogP contribution in [-0.4, -0.2) is 45.2 Å². The smallest absolute Gasteiger partial charge is 0.312 e. The van der Waals surface area contributed by atoms with Gasteiger partial charge in [0.1, 0.15) is 11.9 Å². The van der Waals surface area contributed by atoms with Crippen LogP contribution < -0.4 is 4.74 Å². The molecule has 2 aliphatic heterocycles. The first-order chi connectivity index (χ1) is 11.7. The fraction of sp³-hybridized carbons (Fsp3) is 0.556. The second-order valence-corrected chi connectivity index (χ2v) is 6.29. The number of nitrogens with zero attached hydrogens (tertiary/aromatic N) is 1. The largest absolute Gasteiger partial charge is 0.497 e. The number of hydrogen-bond acceptors (Lipinski definition) is 6. The Morgan fingerprint density at radius 2 is 1.96 bits per heavy atom. The van der Waals surface area contributed by atoms with E-state index in [0.717, 1.165) is 17.0 Å². The van der Waals surface area contributed by atoms with Gasteiger partial charge in [0.15, 0.2) is 0 Å². The third-order valence-electron chi connectivity index (χ3n) is 4.84. The molecule has 3 rings (SSSR count). The van der Waals surface area contributed by atoms with E-state index in [1.54, 1.807) is 7.11 Å². The summed E-state index contributed by atoms with van der Waals surface area (Å²) in [5, 5.41) is 4.22. The van der Waals surface area contributed by atoms with E-state index in [9.17, 15) is 4.79 Å². The van der Waals surface area contributed by atoms with Crippen LogP contribution in [0.3, 0.4) is 0 Å². The number of esters is 1. The van der Waals surface area contributed by atoms with Crippen LogP contribution in [0.5, 0.6) is 5.75 Å². The highest BCUT2D eigenvalue weighted by molar-refractivity contribution is 6.01. The zero-order chi connectivity index (χ0) is 17.0. The van der Waals surface area contributed by atoms with Crippen molar-refractivity contribution >= 4 is 11.7 Å². The van der Waals surface area contributed by atoms with Crippen molar-refractivity contribution in [2.45, 2.75) is 31.8 Å². The van der Waals surface area contributed by atoms with Gasteiger partial charge in [-0.1, -0.05) is 5.16 Å². The Labute approximate surface area is 141 Å². The number of benzene rings is 1. The van der Waals surface area contributed by atoms with E-state index >= 15 is 0 Å². The third-order valence-corrected chi connectivity index (χ3v) is 4.84. The highest BCUT2D eigenvalue weighted by atomic mass is 16.6. The topological polar surface area (TPSA) is 66.4 Å². The fourth-order valence-electron chi connectivity index (χ4n) is 3.40. The molecular formula is C18H23NO5. The van der Waals surface area contributed by atoms with Gasteiger partial charge in [-0.2, -0.15) is 0 Å². The summed E-state index contributed by atoms with van der Waals surface area (Å²) >= 11 is 0. The molecule has 1 aromatic rings. The van der Waals surface area contributed by atoms with Crippen LogP contribution in [0, 0.1) is 5.41 Å². The van der Waals surface area contributed by atoms with Gasteiger partial charge < -0.3 is 19.0 Å². The Bertz CT molecular complexity index is 604. The summed E-state index contributed by atoms with van der Waals surface area (Å²) in [7, 11) is 3.08. The standard InChI is InChI=1S/C18H23NO5/c1-21-14-5-3-13(4-6-14)16-11-15(24-19-16)12-18(17(20)22-2)7-9-23-10-8-18/h3-6,15H,7-12H2,1-2H3. The monoisotopic (exact) mass is 333 g/mol. The van der Waals surface area contributed by atoms with E-state index in [0.29, 0.717) is 38.9 Å². The van der Waals surface area contributed by atoms with Crippen molar-refractivity contribution in [2.75, 3.05) is 27.4 Å². The number of carbonyl (C=O) groups excluding carboxylic acids is 1. The number of methoxy groups -OCH3 is 2. The third kappa shape index (κ3) is 3.38. The normalized spacial score (nSPS) is 22.4. The van der Waals surface area contributed by atoms with Gasteiger partial charge in [-0.25, -0.2) is 0 Å². The van der Waals surface area contributed by atoms with Crippen LogP contribution in [-0.2, 0) is 19.1 Å². The number of oxime groups is 1. The average molecular weight is 333 g/mol. The highest BCUT2D eigenvalue weighted by Gasteiger charge is 2.44. The second kappa shape index (κ2) is 7.21. The van der Waals surface area contributed by atoms with Crippen molar-refractivity contribution in [1.82, 2.24) is 0 Å². The van der Waals surface area contributed by atoms with Gasteiger partial charge in [-0.15, -0.1) is 0 Å². The van der Waals surface area contributed by atoms with E-state index in [1.807, 2.05) is 24.3 Å². The zero-order valence-electron chi connectivity index (χ0n) is 14.1. The van der Waals surface area contributed by atoms with Gasteiger partial charge in [0.25, 0.3) is 0 Å². The first-order valence-corrected chi connectivity index (χ1v) is 8.20. The molecule has 1 unspecified atom stereocenters. The lowest BCUT2D eigenvalue weighted by molar-refractivity contribution is -0.162. The number of hydrogen-bond donors (Lipinski definition) is 0. The molecule has 1 fully saturated rings. The first kappa shape index (κ1) is 16.8. The van der Waals surface area contributed by atoms with Gasteiger partial charge in [-0.05, 0) is 42.7 Å². The lowest BCUT2D eigenvalue weighted by Crippen LogP contribution is -2.41. The molecule has 0 spiro atoms. The number of carbonyl (C=O) groups is 1. The minimum absolute atomic E-state index is 0.112. The van der Waals surface area contributed by atoms with E-state index in [2.05, 4.69) is 5.16 Å². The first-order valence-electron chi connectivity index (χ1n) is 8.20. The van der Waals surface area contributed by atoms with Crippen molar-refractivity contribution in [3.05, 3.63) is 29.8 Å². The molecule has 0 amide bonds. The molecule has 1 saturated heterocycles. The quantitative estimate of drug-likeness (QED) is 0.775. The molecule has 0 N–H and O–H groups in total. The zero-order valence-corrected chi connectivity index (χ0v) is 14.1. The van der Waals surface area contributed by atoms with Gasteiger partial charge in [0, 0.05) is 26.1 Å². The summed E-state index contributed by atoms with van der Waals surface area (Å²) in [5.41, 5.74) is 1.38. The molecule has 6 heteroatoms. The lowest BCUT2D eigenvalue weighted by atomic mass is 9.75. The van der Waals surface area contributed by atoms with Crippen LogP contribution in [0.1, 0.15) is 31.2 Å². The minimum Gasteiger partial charge on any atom is -0.497 e. The Morgan fingerprint density at radius 3 is 2.58 bits per heavy atom. The molecule has 1 aromatic carbocycles. The van der Waals surface area contributed by atoms with Crippen LogP contribution >= 0.6 is 0 Å². The molecule has 0 saturated carbocycles. The van der Waals surface area contributed by atoms with Crippen molar-refractivity contribution in [3.8, 4) is 5.75 Å². The predicted molar refractivity (Wildman–Crippen MR) is 88.1 cm³/mol. The minimum atomic E-state index is -0.525. The maximum Gasteiger partial charge on any atom is 0.312 e. The summed E-state index contributed by atoms with van der Waals surface area (Å²) in [6.07, 6.45) is 2.51. The maximum absolute atomic E-state index is 12.3. The molecule has 130 valence electrons. The summed E-state index contributed by atoms with van der Waals surface area (Å²) in [4.78, 5) is 17.9. The second-order valence-electron chi connectivity index (χ2n) is 6.29. The molecule has 1 atom stereocenters. The molecule has 0 radical (unpaired) electrons. The molecule has 2 heterocycles. The molecule has 2 aliphatic rings. The Morgan fingerprint density at radius 1 is 1.25 bits per heavy atom. The molecule has 6 nitrogen and oxygen atoms in total. The SMILES string of the molecule is COC(=O)C1(CC2CC(c3ccc(OC)cc3)=NO2)CCOCC1. The van der Waals surface area contributed by atoms with E-state index in [-0.39, 0.29) is 12.1 Å². The van der Waals surface area contributed by atoms with Gasteiger partial charge in [0.2, 0.25) is 0 Å². The van der Waals surface area contributed by atoms with Gasteiger partial charge >= 0.3 is 5.97 Å². The number of ether oxygens (including phenoxy) is 3. The van der Waals surface area contributed by atoms with Crippen molar-refractivity contribution in [2.24, 2.45) is 10.6 Å². The fourth-order valence-corrected chi connectivity index (χ4v) is 3.40. The molecule has 0 aromatic heterocycles. The molecule has 24 heavy (non-hydrogen) atoms. The van der Waals surface area contributed by atoms with Crippen LogP contribution in [0.4, 0.5) is 0 Å². The number of rotatable bonds is 5. The summed E-state index contributed by atoms with van der Waals surface area (Å²) in [6, 6.07) is 7.74. The molecule has 0 bridgehead atoms. The van der Waals surface area contributed by atoms with E-state index in [4.69, 9.17) is 19.0 Å².